The SMILES string of the molecule is O=C(O)c1ccc(S(=O)(=O)C(F)(F)F)c([N+](=O)[O-])c1. The van der Waals surface area contributed by atoms with Gasteiger partial charge in [0.2, 0.25) is 0 Å². The molecule has 0 aromatic heterocycles. The number of benzene rings is 1. The molecule has 0 amide bonds. The van der Waals surface area contributed by atoms with Gasteiger partial charge in [0.1, 0.15) is 0 Å². The highest BCUT2D eigenvalue weighted by Gasteiger charge is 2.50. The second-order valence-electron chi connectivity index (χ2n) is 3.19. The molecule has 0 saturated heterocycles. The van der Waals surface area contributed by atoms with E-state index in [0.29, 0.717) is 6.07 Å². The van der Waals surface area contributed by atoms with Crippen molar-refractivity contribution in [3.05, 3.63) is 33.9 Å². The Balaban J connectivity index is 3.63. The Kier molecular flexibility index (Phi) is 3.52. The summed E-state index contributed by atoms with van der Waals surface area (Å²) >= 11 is 0. The maximum absolute atomic E-state index is 12.3. The molecule has 0 spiro atoms. The van der Waals surface area contributed by atoms with Crippen molar-refractivity contribution < 1.29 is 36.4 Å². The highest BCUT2D eigenvalue weighted by Crippen LogP contribution is 2.35. The molecule has 11 heteroatoms. The van der Waals surface area contributed by atoms with E-state index in [1.54, 1.807) is 0 Å². The predicted molar refractivity (Wildman–Crippen MR) is 53.3 cm³/mol. The van der Waals surface area contributed by atoms with Gasteiger partial charge in [0.15, 0.2) is 4.90 Å². The summed E-state index contributed by atoms with van der Waals surface area (Å²) in [6, 6.07) is 1.03. The Bertz CT molecular complexity index is 651. The van der Waals surface area contributed by atoms with Crippen molar-refractivity contribution in [2.45, 2.75) is 10.4 Å². The number of nitro groups is 1. The van der Waals surface area contributed by atoms with Crippen LogP contribution < -0.4 is 0 Å². The van der Waals surface area contributed by atoms with Crippen LogP contribution >= 0.6 is 0 Å². The topological polar surface area (TPSA) is 115 Å². The standard InChI is InChI=1S/C8H4F3NO6S/c9-8(10,11)19(17,18)6-2-1-4(7(13)14)3-5(6)12(15)16/h1-3H,(H,13,14). The second-order valence-corrected chi connectivity index (χ2v) is 5.10. The maximum atomic E-state index is 12.3. The Morgan fingerprint density at radius 2 is 1.84 bits per heavy atom. The minimum Gasteiger partial charge on any atom is -0.478 e. The first-order valence-corrected chi connectivity index (χ1v) is 5.80. The van der Waals surface area contributed by atoms with Crippen molar-refractivity contribution in [1.29, 1.82) is 0 Å². The van der Waals surface area contributed by atoms with Crippen LogP contribution in [0.25, 0.3) is 0 Å². The zero-order chi connectivity index (χ0) is 15.0. The molecule has 1 N–H and O–H groups in total. The van der Waals surface area contributed by atoms with E-state index in [4.69, 9.17) is 5.11 Å². The Hall–Kier alpha value is -2.17. The van der Waals surface area contributed by atoms with E-state index in [9.17, 15) is 36.5 Å². The molecule has 1 aromatic carbocycles. The summed E-state index contributed by atoms with van der Waals surface area (Å²) in [7, 11) is -5.93. The van der Waals surface area contributed by atoms with E-state index < -0.39 is 42.4 Å². The fourth-order valence-corrected chi connectivity index (χ4v) is 2.05. The molecule has 0 fully saturated rings. The molecule has 19 heavy (non-hydrogen) atoms. The lowest BCUT2D eigenvalue weighted by atomic mass is 10.2. The average molecular weight is 299 g/mol. The van der Waals surface area contributed by atoms with Gasteiger partial charge in [0.25, 0.3) is 15.5 Å². The molecular formula is C8H4F3NO6S. The summed E-state index contributed by atoms with van der Waals surface area (Å²) in [5.74, 6) is -1.64. The number of carboxylic acids is 1. The molecule has 0 aliphatic heterocycles. The normalized spacial score (nSPS) is 12.2. The fourth-order valence-electron chi connectivity index (χ4n) is 1.15. The molecule has 104 valence electrons. The lowest BCUT2D eigenvalue weighted by Gasteiger charge is -2.08. The van der Waals surface area contributed by atoms with Gasteiger partial charge in [-0.25, -0.2) is 13.2 Å². The zero-order valence-corrected chi connectivity index (χ0v) is 9.53. The Labute approximate surface area is 103 Å². The van der Waals surface area contributed by atoms with Gasteiger partial charge in [-0.1, -0.05) is 0 Å². The number of alkyl halides is 3. The number of hydrogen-bond acceptors (Lipinski definition) is 5. The fraction of sp³-hybridized carbons (Fsp3) is 0.125. The Morgan fingerprint density at radius 3 is 2.21 bits per heavy atom. The minimum atomic E-state index is -5.93. The molecule has 1 rings (SSSR count). The molecule has 0 radical (unpaired) electrons. The number of hydrogen-bond donors (Lipinski definition) is 1. The van der Waals surface area contributed by atoms with E-state index in [2.05, 4.69) is 0 Å². The Morgan fingerprint density at radius 1 is 1.32 bits per heavy atom. The van der Waals surface area contributed by atoms with E-state index >= 15 is 0 Å². The average Bonchev–Trinajstić information content (AvgIpc) is 2.26. The molecule has 0 heterocycles. The van der Waals surface area contributed by atoms with Crippen molar-refractivity contribution >= 4 is 21.5 Å². The van der Waals surface area contributed by atoms with Crippen LogP contribution in [0.2, 0.25) is 0 Å². The van der Waals surface area contributed by atoms with Crippen LogP contribution in [0.3, 0.4) is 0 Å². The molecule has 7 nitrogen and oxygen atoms in total. The van der Waals surface area contributed by atoms with Crippen molar-refractivity contribution in [3.63, 3.8) is 0 Å². The van der Waals surface area contributed by atoms with Gasteiger partial charge in [0.05, 0.1) is 10.5 Å². The van der Waals surface area contributed by atoms with Gasteiger partial charge in [-0.2, -0.15) is 13.2 Å². The van der Waals surface area contributed by atoms with Gasteiger partial charge >= 0.3 is 11.5 Å². The van der Waals surface area contributed by atoms with Crippen molar-refractivity contribution in [2.24, 2.45) is 0 Å². The van der Waals surface area contributed by atoms with Crippen molar-refractivity contribution in [2.75, 3.05) is 0 Å². The summed E-state index contributed by atoms with van der Waals surface area (Å²) in [4.78, 5) is 18.1. The van der Waals surface area contributed by atoms with Gasteiger partial charge in [0, 0.05) is 6.07 Å². The molecule has 0 aliphatic rings. The van der Waals surface area contributed by atoms with Crippen LogP contribution in [0.1, 0.15) is 10.4 Å². The van der Waals surface area contributed by atoms with Gasteiger partial charge in [-0.3, -0.25) is 10.1 Å². The van der Waals surface area contributed by atoms with E-state index in [0.717, 1.165) is 0 Å². The zero-order valence-electron chi connectivity index (χ0n) is 8.71. The minimum absolute atomic E-state index is 0.240. The summed E-state index contributed by atoms with van der Waals surface area (Å²) in [5, 5.41) is 19.1. The summed E-state index contributed by atoms with van der Waals surface area (Å²) in [6.45, 7) is 0. The van der Waals surface area contributed by atoms with Crippen LogP contribution in [0.4, 0.5) is 18.9 Å². The van der Waals surface area contributed by atoms with Gasteiger partial charge in [-0.15, -0.1) is 0 Å². The number of sulfone groups is 1. The number of carbonyl (C=O) groups is 1. The van der Waals surface area contributed by atoms with Crippen LogP contribution in [0, 0.1) is 10.1 Å². The van der Waals surface area contributed by atoms with Crippen LogP contribution in [-0.2, 0) is 9.84 Å². The lowest BCUT2D eigenvalue weighted by molar-refractivity contribution is -0.388. The lowest BCUT2D eigenvalue weighted by Crippen LogP contribution is -2.24. The predicted octanol–water partition coefficient (Wildman–Crippen LogP) is 1.59. The molecule has 0 saturated carbocycles. The number of nitro benzene ring substituents is 1. The highest BCUT2D eigenvalue weighted by molar-refractivity contribution is 7.92. The molecule has 0 bridgehead atoms. The second kappa shape index (κ2) is 4.50. The molecule has 0 unspecified atom stereocenters. The van der Waals surface area contributed by atoms with Gasteiger partial charge in [-0.05, 0) is 12.1 Å². The quantitative estimate of drug-likeness (QED) is 0.669. The van der Waals surface area contributed by atoms with Crippen molar-refractivity contribution in [1.82, 2.24) is 0 Å². The highest BCUT2D eigenvalue weighted by atomic mass is 32.2. The molecule has 0 atom stereocenters. The molecular weight excluding hydrogens is 295 g/mol. The first kappa shape index (κ1) is 14.9. The summed E-state index contributed by atoms with van der Waals surface area (Å²) < 4.78 is 59.1. The van der Waals surface area contributed by atoms with Gasteiger partial charge < -0.3 is 5.11 Å². The summed E-state index contributed by atoms with van der Waals surface area (Å²) in [6.07, 6.45) is 0. The maximum Gasteiger partial charge on any atom is 0.502 e. The smallest absolute Gasteiger partial charge is 0.478 e. The van der Waals surface area contributed by atoms with Crippen LogP contribution in [0.15, 0.2) is 23.1 Å². The number of nitrogens with zero attached hydrogens (tertiary/aromatic N) is 1. The summed E-state index contributed by atoms with van der Waals surface area (Å²) in [5.41, 5.74) is -7.87. The van der Waals surface area contributed by atoms with Crippen molar-refractivity contribution in [3.8, 4) is 0 Å². The van der Waals surface area contributed by atoms with Crippen LogP contribution in [0.5, 0.6) is 0 Å². The molecule has 1 aromatic rings. The van der Waals surface area contributed by atoms with E-state index in [1.165, 1.54) is 0 Å². The van der Waals surface area contributed by atoms with E-state index in [-0.39, 0.29) is 12.1 Å². The number of aromatic carboxylic acids is 1. The first-order chi connectivity index (χ1) is 8.48. The molecule has 0 aliphatic carbocycles. The van der Waals surface area contributed by atoms with Crippen LogP contribution in [-0.4, -0.2) is 29.9 Å². The number of rotatable bonds is 3. The third-order valence-electron chi connectivity index (χ3n) is 2.00. The van der Waals surface area contributed by atoms with E-state index in [1.807, 2.05) is 0 Å². The largest absolute Gasteiger partial charge is 0.502 e. The number of carboxylic acid groups (broad SMARTS) is 1. The first-order valence-electron chi connectivity index (χ1n) is 4.31. The third kappa shape index (κ3) is 2.65. The number of halogens is 3. The monoisotopic (exact) mass is 299 g/mol. The third-order valence-corrected chi connectivity index (χ3v) is 3.53.